The van der Waals surface area contributed by atoms with Crippen molar-refractivity contribution >= 4 is 23.2 Å². The molecule has 7 heteroatoms. The van der Waals surface area contributed by atoms with Crippen LogP contribution in [0.2, 0.25) is 0 Å². The zero-order valence-corrected chi connectivity index (χ0v) is 19.5. The van der Waals surface area contributed by atoms with Crippen LogP contribution in [0, 0.1) is 0 Å². The Bertz CT molecular complexity index is 941. The number of carbonyl (C=O) groups excluding carboxylic acids is 1. The second kappa shape index (κ2) is 10.4. The average molecular weight is 442 g/mol. The van der Waals surface area contributed by atoms with Crippen LogP contribution in [0.3, 0.4) is 0 Å². The van der Waals surface area contributed by atoms with Gasteiger partial charge in [0.1, 0.15) is 11.9 Å². The van der Waals surface area contributed by atoms with Gasteiger partial charge in [-0.25, -0.2) is 4.98 Å². The van der Waals surface area contributed by atoms with Gasteiger partial charge in [-0.15, -0.1) is 0 Å². The van der Waals surface area contributed by atoms with Crippen LogP contribution < -0.4 is 14.8 Å². The van der Waals surface area contributed by atoms with Gasteiger partial charge in [0, 0.05) is 35.2 Å². The highest BCUT2D eigenvalue weighted by atomic mass is 16.5. The molecule has 1 aromatic carbocycles. The summed E-state index contributed by atoms with van der Waals surface area (Å²) >= 11 is 0. The highest BCUT2D eigenvalue weighted by Gasteiger charge is 2.30. The summed E-state index contributed by atoms with van der Waals surface area (Å²) in [5.74, 6) is 2.24. The maximum atomic E-state index is 11.1. The second-order valence-corrected chi connectivity index (χ2v) is 9.04. The Labute approximate surface area is 190 Å². The van der Waals surface area contributed by atoms with Crippen molar-refractivity contribution in [1.29, 1.82) is 0 Å². The van der Waals surface area contributed by atoms with Crippen molar-refractivity contribution in [3.05, 3.63) is 23.3 Å². The molecular weight excluding hydrogens is 406 g/mol. The molecule has 1 aliphatic carbocycles. The lowest BCUT2D eigenvalue weighted by atomic mass is 10.0. The van der Waals surface area contributed by atoms with Gasteiger partial charge in [0.05, 0.1) is 19.2 Å². The number of pyridine rings is 1. The van der Waals surface area contributed by atoms with Crippen molar-refractivity contribution < 1.29 is 19.0 Å². The SMILES string of the molecule is COc1cc2c3c(c(NC(C)C)nc2cc1OCCCN1CCCCC1)CCC3OC=O. The minimum absolute atomic E-state index is 0.249. The van der Waals surface area contributed by atoms with Crippen LogP contribution in [0.4, 0.5) is 5.82 Å². The quantitative estimate of drug-likeness (QED) is 0.430. The number of benzene rings is 1. The Morgan fingerprint density at radius 1 is 1.22 bits per heavy atom. The largest absolute Gasteiger partial charge is 0.493 e. The molecule has 174 valence electrons. The number of nitrogens with one attached hydrogen (secondary N) is 1. The van der Waals surface area contributed by atoms with E-state index < -0.39 is 0 Å². The Hall–Kier alpha value is -2.54. The monoisotopic (exact) mass is 441 g/mol. The Morgan fingerprint density at radius 3 is 2.75 bits per heavy atom. The molecule has 1 N–H and O–H groups in total. The van der Waals surface area contributed by atoms with Crippen molar-refractivity contribution in [1.82, 2.24) is 9.88 Å². The highest BCUT2D eigenvalue weighted by Crippen LogP contribution is 2.44. The lowest BCUT2D eigenvalue weighted by Crippen LogP contribution is -2.31. The summed E-state index contributed by atoms with van der Waals surface area (Å²) < 4.78 is 17.2. The number of anilines is 1. The first kappa shape index (κ1) is 22.6. The van der Waals surface area contributed by atoms with E-state index in [1.165, 1.54) is 32.4 Å². The molecule has 0 saturated carbocycles. The lowest BCUT2D eigenvalue weighted by Gasteiger charge is -2.26. The molecule has 7 nitrogen and oxygen atoms in total. The number of hydrogen-bond acceptors (Lipinski definition) is 7. The van der Waals surface area contributed by atoms with Gasteiger partial charge < -0.3 is 24.4 Å². The molecule has 32 heavy (non-hydrogen) atoms. The van der Waals surface area contributed by atoms with Crippen LogP contribution >= 0.6 is 0 Å². The van der Waals surface area contributed by atoms with E-state index in [2.05, 4.69) is 24.1 Å². The molecule has 1 aromatic heterocycles. The average Bonchev–Trinajstić information content (AvgIpc) is 3.21. The number of fused-ring (bicyclic) bond motifs is 3. The van der Waals surface area contributed by atoms with Crippen LogP contribution in [-0.4, -0.2) is 55.7 Å². The lowest BCUT2D eigenvalue weighted by molar-refractivity contribution is -0.133. The van der Waals surface area contributed by atoms with Gasteiger partial charge in [0.15, 0.2) is 11.5 Å². The number of rotatable bonds is 10. The number of piperidine rings is 1. The van der Waals surface area contributed by atoms with Gasteiger partial charge in [-0.3, -0.25) is 4.79 Å². The van der Waals surface area contributed by atoms with Crippen molar-refractivity contribution in [2.45, 2.75) is 64.5 Å². The molecule has 0 amide bonds. The van der Waals surface area contributed by atoms with Gasteiger partial charge >= 0.3 is 0 Å². The van der Waals surface area contributed by atoms with Gasteiger partial charge in [-0.05, 0) is 65.1 Å². The Kier molecular flexibility index (Phi) is 7.35. The number of hydrogen-bond donors (Lipinski definition) is 1. The summed E-state index contributed by atoms with van der Waals surface area (Å²) in [6.45, 7) is 8.83. The summed E-state index contributed by atoms with van der Waals surface area (Å²) in [5, 5.41) is 4.42. The molecule has 1 fully saturated rings. The first-order chi connectivity index (χ1) is 15.6. The normalized spacial score (nSPS) is 18.6. The zero-order valence-electron chi connectivity index (χ0n) is 19.5. The molecular formula is C25H35N3O4. The van der Waals surface area contributed by atoms with E-state index in [9.17, 15) is 4.79 Å². The van der Waals surface area contributed by atoms with Crippen molar-refractivity contribution in [2.24, 2.45) is 0 Å². The number of ether oxygens (including phenoxy) is 3. The maximum absolute atomic E-state index is 11.1. The Morgan fingerprint density at radius 2 is 2.03 bits per heavy atom. The highest BCUT2D eigenvalue weighted by molar-refractivity contribution is 5.90. The van der Waals surface area contributed by atoms with E-state index in [0.29, 0.717) is 24.6 Å². The molecule has 1 aliphatic heterocycles. The van der Waals surface area contributed by atoms with Crippen LogP contribution in [-0.2, 0) is 16.0 Å². The fourth-order valence-electron chi connectivity index (χ4n) is 4.90. The smallest absolute Gasteiger partial charge is 0.293 e. The van der Waals surface area contributed by atoms with Crippen molar-refractivity contribution in [3.63, 3.8) is 0 Å². The minimum atomic E-state index is -0.262. The van der Waals surface area contributed by atoms with Gasteiger partial charge in [0.25, 0.3) is 6.47 Å². The van der Waals surface area contributed by atoms with Crippen LogP contribution in [0.5, 0.6) is 11.5 Å². The van der Waals surface area contributed by atoms with Crippen LogP contribution in [0.15, 0.2) is 12.1 Å². The number of carbonyl (C=O) groups is 1. The molecule has 1 unspecified atom stereocenters. The fourth-order valence-corrected chi connectivity index (χ4v) is 4.90. The maximum Gasteiger partial charge on any atom is 0.293 e. The minimum Gasteiger partial charge on any atom is -0.493 e. The molecule has 2 heterocycles. The first-order valence-corrected chi connectivity index (χ1v) is 11.9. The van der Waals surface area contributed by atoms with Gasteiger partial charge in [-0.2, -0.15) is 0 Å². The third-order valence-electron chi connectivity index (χ3n) is 6.36. The second-order valence-electron chi connectivity index (χ2n) is 9.04. The van der Waals surface area contributed by atoms with Crippen molar-refractivity contribution in [2.75, 3.05) is 38.7 Å². The molecule has 2 aromatic rings. The number of methoxy groups -OCH3 is 1. The summed E-state index contributed by atoms with van der Waals surface area (Å²) in [4.78, 5) is 18.5. The van der Waals surface area contributed by atoms with E-state index >= 15 is 0 Å². The number of likely N-dealkylation sites (tertiary alicyclic amines) is 1. The third kappa shape index (κ3) is 4.93. The van der Waals surface area contributed by atoms with Gasteiger partial charge in [0.2, 0.25) is 0 Å². The third-order valence-corrected chi connectivity index (χ3v) is 6.36. The number of aromatic nitrogens is 1. The zero-order chi connectivity index (χ0) is 22.5. The fraction of sp³-hybridized carbons (Fsp3) is 0.600. The van der Waals surface area contributed by atoms with E-state index in [-0.39, 0.29) is 12.1 Å². The molecule has 1 saturated heterocycles. The standard InChI is InChI=1S/C25H35N3O4/c1-17(2)26-25-18-8-9-21(32-16-29)24(18)19-14-22(30-3)23(15-20(19)27-25)31-13-7-12-28-10-5-4-6-11-28/h14-17,21H,4-13H2,1-3H3,(H,26,27). The topological polar surface area (TPSA) is 72.9 Å². The van der Waals surface area contributed by atoms with Gasteiger partial charge in [-0.1, -0.05) is 6.42 Å². The molecule has 1 atom stereocenters. The molecule has 4 rings (SSSR count). The Balaban J connectivity index is 1.60. The van der Waals surface area contributed by atoms with E-state index in [0.717, 1.165) is 53.7 Å². The summed E-state index contributed by atoms with van der Waals surface area (Å²) in [6.07, 6.45) is 6.26. The molecule has 0 bridgehead atoms. The van der Waals surface area contributed by atoms with Crippen molar-refractivity contribution in [3.8, 4) is 11.5 Å². The van der Waals surface area contributed by atoms with Crippen LogP contribution in [0.25, 0.3) is 10.9 Å². The predicted octanol–water partition coefficient (Wildman–Crippen LogP) is 4.48. The predicted molar refractivity (Wildman–Crippen MR) is 126 cm³/mol. The van der Waals surface area contributed by atoms with E-state index in [4.69, 9.17) is 19.2 Å². The van der Waals surface area contributed by atoms with E-state index in [1.54, 1.807) is 7.11 Å². The molecule has 2 aliphatic rings. The summed E-state index contributed by atoms with van der Waals surface area (Å²) in [6, 6.07) is 4.18. The van der Waals surface area contributed by atoms with E-state index in [1.807, 2.05) is 12.1 Å². The summed E-state index contributed by atoms with van der Waals surface area (Å²) in [7, 11) is 1.66. The first-order valence-electron chi connectivity index (χ1n) is 11.9. The molecule has 0 radical (unpaired) electrons. The van der Waals surface area contributed by atoms with Crippen LogP contribution in [0.1, 0.15) is 63.2 Å². The number of nitrogens with zero attached hydrogens (tertiary/aromatic N) is 2. The summed E-state index contributed by atoms with van der Waals surface area (Å²) in [5.41, 5.74) is 2.97. The molecule has 0 spiro atoms.